The minimum Gasteiger partial charge on any atom is -0.478 e. The number of hydrogen-bond acceptors (Lipinski definition) is 4. The molecule has 0 unspecified atom stereocenters. The van der Waals surface area contributed by atoms with Gasteiger partial charge in [-0.1, -0.05) is 12.1 Å². The van der Waals surface area contributed by atoms with Gasteiger partial charge in [0, 0.05) is 40.3 Å². The van der Waals surface area contributed by atoms with Crippen molar-refractivity contribution < 1.29 is 37.4 Å². The van der Waals surface area contributed by atoms with Gasteiger partial charge in [0.2, 0.25) is 0 Å². The van der Waals surface area contributed by atoms with E-state index >= 15 is 0 Å². The molecule has 0 saturated carbocycles. The standard InChI is InChI=1S/C30H22F3N3O5/c1-15-24(34-16(2)26(15)29(39)40)14-23-22-10-9-21(13-25(22)36-28(23)38)41-20-8-4-7-19(12-20)35-27(37)17-5-3-6-18(11-17)30(31,32)33/h3-14,34H,1-2H3,(H,35,37)(H,36,38)(H,39,40)/b23-14-. The topological polar surface area (TPSA) is 121 Å². The fourth-order valence-corrected chi connectivity index (χ4v) is 4.58. The summed E-state index contributed by atoms with van der Waals surface area (Å²) in [4.78, 5) is 39.8. The highest BCUT2D eigenvalue weighted by Crippen LogP contribution is 2.38. The summed E-state index contributed by atoms with van der Waals surface area (Å²) in [6.07, 6.45) is -2.97. The van der Waals surface area contributed by atoms with Crippen molar-refractivity contribution in [1.82, 2.24) is 4.98 Å². The SMILES string of the molecule is Cc1[nH]c(/C=C2\C(=O)Nc3cc(Oc4cccc(NC(=O)c5cccc(C(F)(F)F)c5)c4)ccc32)c(C)c1C(=O)O. The fourth-order valence-electron chi connectivity index (χ4n) is 4.58. The van der Waals surface area contributed by atoms with Gasteiger partial charge in [-0.3, -0.25) is 9.59 Å². The minimum atomic E-state index is -4.57. The summed E-state index contributed by atoms with van der Waals surface area (Å²) >= 11 is 0. The first-order valence-corrected chi connectivity index (χ1v) is 12.3. The third kappa shape index (κ3) is 5.55. The van der Waals surface area contributed by atoms with Crippen molar-refractivity contribution in [2.24, 2.45) is 0 Å². The Kier molecular flexibility index (Phi) is 6.87. The lowest BCUT2D eigenvalue weighted by molar-refractivity contribution is -0.137. The molecule has 0 saturated heterocycles. The van der Waals surface area contributed by atoms with Crippen molar-refractivity contribution in [3.8, 4) is 11.5 Å². The zero-order valence-corrected chi connectivity index (χ0v) is 21.6. The number of aromatic nitrogens is 1. The van der Waals surface area contributed by atoms with E-state index in [1.54, 1.807) is 56.3 Å². The molecule has 2 amide bonds. The number of alkyl halides is 3. The quantitative estimate of drug-likeness (QED) is 0.191. The molecule has 5 rings (SSSR count). The number of benzene rings is 3. The number of aromatic amines is 1. The van der Waals surface area contributed by atoms with Gasteiger partial charge in [0.25, 0.3) is 11.8 Å². The Morgan fingerprint density at radius 3 is 2.41 bits per heavy atom. The van der Waals surface area contributed by atoms with Crippen molar-refractivity contribution in [2.75, 3.05) is 10.6 Å². The van der Waals surface area contributed by atoms with Crippen LogP contribution >= 0.6 is 0 Å². The maximum atomic E-state index is 13.0. The lowest BCUT2D eigenvalue weighted by atomic mass is 10.0. The molecule has 1 aliphatic rings. The summed E-state index contributed by atoms with van der Waals surface area (Å²) in [5.41, 5.74) is 2.37. The Hall–Kier alpha value is -5.32. The number of H-pyrrole nitrogens is 1. The van der Waals surface area contributed by atoms with Crippen LogP contribution in [0.15, 0.2) is 66.7 Å². The number of fused-ring (bicyclic) bond motifs is 1. The maximum absolute atomic E-state index is 13.0. The monoisotopic (exact) mass is 561 g/mol. The predicted octanol–water partition coefficient (Wildman–Crippen LogP) is 6.89. The van der Waals surface area contributed by atoms with Crippen LogP contribution in [0.5, 0.6) is 11.5 Å². The summed E-state index contributed by atoms with van der Waals surface area (Å²) in [6, 6.07) is 15.4. The zero-order valence-electron chi connectivity index (χ0n) is 21.6. The second kappa shape index (κ2) is 10.3. The molecule has 208 valence electrons. The molecule has 3 aromatic carbocycles. The number of aromatic carboxylic acids is 1. The van der Waals surface area contributed by atoms with Crippen LogP contribution in [-0.4, -0.2) is 27.9 Å². The number of halogens is 3. The molecule has 0 atom stereocenters. The van der Waals surface area contributed by atoms with Crippen molar-refractivity contribution >= 4 is 40.8 Å². The van der Waals surface area contributed by atoms with Crippen LogP contribution in [0.25, 0.3) is 11.6 Å². The predicted molar refractivity (Wildman–Crippen MR) is 146 cm³/mol. The molecule has 8 nitrogen and oxygen atoms in total. The van der Waals surface area contributed by atoms with Crippen molar-refractivity contribution in [1.29, 1.82) is 0 Å². The van der Waals surface area contributed by atoms with E-state index in [1.165, 1.54) is 12.1 Å². The number of aryl methyl sites for hydroxylation is 1. The van der Waals surface area contributed by atoms with E-state index in [4.69, 9.17) is 4.74 Å². The highest BCUT2D eigenvalue weighted by molar-refractivity contribution is 6.35. The lowest BCUT2D eigenvalue weighted by Gasteiger charge is -2.11. The Labute approximate surface area is 231 Å². The third-order valence-corrected chi connectivity index (χ3v) is 6.53. The Balaban J connectivity index is 1.34. The number of carboxylic acids is 1. The first kappa shape index (κ1) is 27.3. The van der Waals surface area contributed by atoms with Crippen molar-refractivity contribution in [2.45, 2.75) is 20.0 Å². The van der Waals surface area contributed by atoms with Crippen LogP contribution in [0.2, 0.25) is 0 Å². The molecule has 11 heteroatoms. The van der Waals surface area contributed by atoms with E-state index in [0.717, 1.165) is 18.2 Å². The average Bonchev–Trinajstić information content (AvgIpc) is 3.37. The number of nitrogens with one attached hydrogen (secondary N) is 3. The number of carbonyl (C=O) groups is 3. The molecular formula is C30H22F3N3O5. The van der Waals surface area contributed by atoms with Gasteiger partial charge in [0.15, 0.2) is 0 Å². The Morgan fingerprint density at radius 1 is 0.976 bits per heavy atom. The van der Waals surface area contributed by atoms with Gasteiger partial charge in [-0.15, -0.1) is 0 Å². The minimum absolute atomic E-state index is 0.145. The van der Waals surface area contributed by atoms with E-state index in [0.29, 0.717) is 51.0 Å². The summed E-state index contributed by atoms with van der Waals surface area (Å²) in [5, 5.41) is 14.8. The van der Waals surface area contributed by atoms with E-state index in [1.807, 2.05) is 0 Å². The lowest BCUT2D eigenvalue weighted by Crippen LogP contribution is -2.13. The van der Waals surface area contributed by atoms with Crippen LogP contribution in [0, 0.1) is 13.8 Å². The van der Waals surface area contributed by atoms with E-state index in [-0.39, 0.29) is 17.0 Å². The molecule has 1 aromatic heterocycles. The summed E-state index contributed by atoms with van der Waals surface area (Å²) in [7, 11) is 0. The maximum Gasteiger partial charge on any atom is 0.416 e. The molecule has 4 aromatic rings. The van der Waals surface area contributed by atoms with Gasteiger partial charge < -0.3 is 25.5 Å². The van der Waals surface area contributed by atoms with Crippen LogP contribution in [0.4, 0.5) is 24.5 Å². The van der Waals surface area contributed by atoms with Crippen LogP contribution in [0.3, 0.4) is 0 Å². The molecule has 4 N–H and O–H groups in total. The summed E-state index contributed by atoms with van der Waals surface area (Å²) in [6.45, 7) is 3.32. The number of hydrogen-bond donors (Lipinski definition) is 4. The van der Waals surface area contributed by atoms with Crippen molar-refractivity contribution in [3.63, 3.8) is 0 Å². The molecule has 0 aliphatic carbocycles. The smallest absolute Gasteiger partial charge is 0.416 e. The zero-order chi connectivity index (χ0) is 29.5. The van der Waals surface area contributed by atoms with E-state index in [2.05, 4.69) is 15.6 Å². The number of carbonyl (C=O) groups excluding carboxylic acids is 2. The second-order valence-electron chi connectivity index (χ2n) is 9.35. The highest BCUT2D eigenvalue weighted by atomic mass is 19.4. The molecule has 0 spiro atoms. The van der Waals surface area contributed by atoms with E-state index in [9.17, 15) is 32.7 Å². The molecule has 0 fully saturated rings. The summed E-state index contributed by atoms with van der Waals surface area (Å²) < 4.78 is 44.9. The normalized spacial score (nSPS) is 13.6. The molecule has 0 bridgehead atoms. The number of carboxylic acid groups (broad SMARTS) is 1. The number of rotatable bonds is 6. The largest absolute Gasteiger partial charge is 0.478 e. The second-order valence-corrected chi connectivity index (χ2v) is 9.35. The first-order valence-electron chi connectivity index (χ1n) is 12.3. The van der Waals surface area contributed by atoms with Crippen molar-refractivity contribution in [3.05, 3.63) is 106 Å². The Bertz CT molecular complexity index is 1750. The van der Waals surface area contributed by atoms with Gasteiger partial charge in [-0.05, 0) is 68.0 Å². The van der Waals surface area contributed by atoms with Crippen LogP contribution in [-0.2, 0) is 11.0 Å². The van der Waals surface area contributed by atoms with E-state index < -0.39 is 23.6 Å². The van der Waals surface area contributed by atoms with Gasteiger partial charge in [0.05, 0.1) is 22.4 Å². The van der Waals surface area contributed by atoms with Gasteiger partial charge >= 0.3 is 12.1 Å². The van der Waals surface area contributed by atoms with Gasteiger partial charge in [-0.2, -0.15) is 13.2 Å². The first-order chi connectivity index (χ1) is 19.4. The highest BCUT2D eigenvalue weighted by Gasteiger charge is 2.31. The average molecular weight is 562 g/mol. The molecule has 0 radical (unpaired) electrons. The molecule has 41 heavy (non-hydrogen) atoms. The summed E-state index contributed by atoms with van der Waals surface area (Å²) in [5.74, 6) is -1.41. The third-order valence-electron chi connectivity index (χ3n) is 6.53. The van der Waals surface area contributed by atoms with Gasteiger partial charge in [-0.25, -0.2) is 4.79 Å². The van der Waals surface area contributed by atoms with Crippen LogP contribution < -0.4 is 15.4 Å². The molecule has 1 aliphatic heterocycles. The number of anilines is 2. The van der Waals surface area contributed by atoms with Crippen LogP contribution in [0.1, 0.15) is 48.8 Å². The molecule has 2 heterocycles. The Morgan fingerprint density at radius 2 is 1.71 bits per heavy atom. The molecular weight excluding hydrogens is 539 g/mol. The van der Waals surface area contributed by atoms with Gasteiger partial charge in [0.1, 0.15) is 11.5 Å². The number of amides is 2. The number of ether oxygens (including phenoxy) is 1. The fraction of sp³-hybridized carbons (Fsp3) is 0.100.